The first-order valence-corrected chi connectivity index (χ1v) is 15.4. The molecule has 4 aromatic rings. The molecule has 48 heavy (non-hydrogen) atoms. The lowest BCUT2D eigenvalue weighted by Crippen LogP contribution is -2.34. The van der Waals surface area contributed by atoms with E-state index in [0.717, 1.165) is 5.56 Å². The van der Waals surface area contributed by atoms with Crippen LogP contribution in [0, 0.1) is 0 Å². The Labute approximate surface area is 277 Å². The summed E-state index contributed by atoms with van der Waals surface area (Å²) in [4.78, 5) is 77.3. The summed E-state index contributed by atoms with van der Waals surface area (Å²) >= 11 is 0. The monoisotopic (exact) mass is 646 g/mol. The molecule has 0 radical (unpaired) electrons. The van der Waals surface area contributed by atoms with E-state index < -0.39 is 23.9 Å². The van der Waals surface area contributed by atoms with E-state index in [2.05, 4.69) is 10.6 Å². The maximum atomic E-state index is 13.5. The highest BCUT2D eigenvalue weighted by molar-refractivity contribution is 6.28. The summed E-state index contributed by atoms with van der Waals surface area (Å²) < 4.78 is 9.81. The number of fused-ring (bicyclic) bond motifs is 2. The van der Waals surface area contributed by atoms with Crippen molar-refractivity contribution in [2.24, 2.45) is 0 Å². The first kappa shape index (κ1) is 33.6. The fraction of sp³-hybridized carbons (Fsp3) is 0.211. The summed E-state index contributed by atoms with van der Waals surface area (Å²) in [5.74, 6) is -2.91. The van der Waals surface area contributed by atoms with Gasteiger partial charge in [0.1, 0.15) is 6.04 Å². The van der Waals surface area contributed by atoms with Crippen LogP contribution in [0.2, 0.25) is 0 Å². The molecule has 1 amide bonds. The Morgan fingerprint density at radius 3 is 1.88 bits per heavy atom. The van der Waals surface area contributed by atoms with Crippen LogP contribution >= 0.6 is 0 Å². The standard InChI is InChI=1S/C38H34N2O8/c1-47-37(45)28(24-9-5-3-6-10-24)17-18-33(42)40-26-14-16-30-32(21-26)36(44)29-15-13-23(20-31(29)35(30)43)19-27(41)22-39-34(38(46)48-2)25-11-7-4-8-12-25/h3-16,20-21,28,34,39H,17-19,22H2,1-2H3,(H,40,42)/t28-,34-/m0/s1. The second-order valence-electron chi connectivity index (χ2n) is 11.3. The van der Waals surface area contributed by atoms with Crippen molar-refractivity contribution in [3.63, 3.8) is 0 Å². The van der Waals surface area contributed by atoms with E-state index in [1.807, 2.05) is 24.3 Å². The molecule has 1 aliphatic carbocycles. The van der Waals surface area contributed by atoms with Gasteiger partial charge < -0.3 is 14.8 Å². The average molecular weight is 647 g/mol. The van der Waals surface area contributed by atoms with Gasteiger partial charge in [-0.05, 0) is 47.4 Å². The number of ketones is 3. The van der Waals surface area contributed by atoms with Crippen LogP contribution in [0.3, 0.4) is 0 Å². The molecule has 2 N–H and O–H groups in total. The Balaban J connectivity index is 1.23. The number of Topliss-reactive ketones (excluding diaryl/α,β-unsaturated/α-hetero) is 1. The van der Waals surface area contributed by atoms with Crippen molar-refractivity contribution in [1.82, 2.24) is 5.32 Å². The molecule has 0 spiro atoms. The topological polar surface area (TPSA) is 145 Å². The van der Waals surface area contributed by atoms with Gasteiger partial charge in [-0.15, -0.1) is 0 Å². The fourth-order valence-corrected chi connectivity index (χ4v) is 5.74. The minimum Gasteiger partial charge on any atom is -0.469 e. The van der Waals surface area contributed by atoms with Crippen molar-refractivity contribution in [2.75, 3.05) is 26.1 Å². The van der Waals surface area contributed by atoms with E-state index in [9.17, 15) is 28.8 Å². The third-order valence-electron chi connectivity index (χ3n) is 8.19. The van der Waals surface area contributed by atoms with Crippen molar-refractivity contribution < 1.29 is 38.2 Å². The quantitative estimate of drug-likeness (QED) is 0.173. The minimum absolute atomic E-state index is 0.0219. The normalized spacial score (nSPS) is 13.0. The number of hydrogen-bond acceptors (Lipinski definition) is 9. The predicted molar refractivity (Wildman–Crippen MR) is 177 cm³/mol. The summed E-state index contributed by atoms with van der Waals surface area (Å²) in [5, 5.41) is 5.71. The number of carbonyl (C=O) groups is 6. The summed E-state index contributed by atoms with van der Waals surface area (Å²) in [6.07, 6.45) is 0.218. The number of rotatable bonds is 13. The van der Waals surface area contributed by atoms with Crippen LogP contribution in [0.25, 0.3) is 0 Å². The third-order valence-corrected chi connectivity index (χ3v) is 8.19. The molecule has 0 heterocycles. The van der Waals surface area contributed by atoms with Gasteiger partial charge in [-0.1, -0.05) is 72.8 Å². The number of benzene rings is 4. The zero-order chi connectivity index (χ0) is 34.2. The lowest BCUT2D eigenvalue weighted by atomic mass is 9.82. The molecule has 0 unspecified atom stereocenters. The average Bonchev–Trinajstić information content (AvgIpc) is 3.11. The number of ether oxygens (including phenoxy) is 2. The van der Waals surface area contributed by atoms with Gasteiger partial charge in [0.25, 0.3) is 0 Å². The summed E-state index contributed by atoms with van der Waals surface area (Å²) in [6, 6.07) is 26.3. The van der Waals surface area contributed by atoms with Crippen LogP contribution in [0.1, 0.15) is 73.3 Å². The summed E-state index contributed by atoms with van der Waals surface area (Å²) in [6.45, 7) is -0.119. The van der Waals surface area contributed by atoms with E-state index in [-0.39, 0.29) is 71.3 Å². The van der Waals surface area contributed by atoms with Gasteiger partial charge in [0.15, 0.2) is 17.3 Å². The molecule has 4 aromatic carbocycles. The number of carbonyl (C=O) groups excluding carboxylic acids is 6. The molecule has 2 atom stereocenters. The first-order chi connectivity index (χ1) is 23.2. The maximum absolute atomic E-state index is 13.5. The van der Waals surface area contributed by atoms with Crippen molar-refractivity contribution in [3.8, 4) is 0 Å². The van der Waals surface area contributed by atoms with E-state index >= 15 is 0 Å². The van der Waals surface area contributed by atoms with Gasteiger partial charge in [-0.2, -0.15) is 0 Å². The SMILES string of the molecule is COC(=O)[C@@H](CCC(=O)Nc1ccc2c(c1)C(=O)c1ccc(CC(=O)CN[C@H](C(=O)OC)c3ccccc3)cc1C2=O)c1ccccc1. The van der Waals surface area contributed by atoms with Gasteiger partial charge >= 0.3 is 11.9 Å². The molecule has 0 fully saturated rings. The molecule has 0 saturated heterocycles. The van der Waals surface area contributed by atoms with Crippen LogP contribution in [0.5, 0.6) is 0 Å². The number of hydrogen-bond donors (Lipinski definition) is 2. The van der Waals surface area contributed by atoms with Crippen LogP contribution in [-0.4, -0.2) is 56.0 Å². The van der Waals surface area contributed by atoms with E-state index in [1.165, 1.54) is 32.4 Å². The van der Waals surface area contributed by atoms with Gasteiger partial charge in [0.2, 0.25) is 5.91 Å². The fourth-order valence-electron chi connectivity index (χ4n) is 5.74. The lowest BCUT2D eigenvalue weighted by Gasteiger charge is -2.20. The van der Waals surface area contributed by atoms with E-state index in [0.29, 0.717) is 16.8 Å². The van der Waals surface area contributed by atoms with Crippen molar-refractivity contribution in [2.45, 2.75) is 31.2 Å². The Bertz CT molecular complexity index is 1730. The third kappa shape index (κ3) is 7.62. The van der Waals surface area contributed by atoms with E-state index in [4.69, 9.17) is 9.47 Å². The van der Waals surface area contributed by atoms with Gasteiger partial charge in [-0.3, -0.25) is 29.3 Å². The Morgan fingerprint density at radius 2 is 1.25 bits per heavy atom. The molecule has 10 nitrogen and oxygen atoms in total. The molecular weight excluding hydrogens is 612 g/mol. The van der Waals surface area contributed by atoms with Crippen molar-refractivity contribution in [1.29, 1.82) is 0 Å². The number of methoxy groups -OCH3 is 2. The second kappa shape index (κ2) is 15.2. The number of esters is 2. The van der Waals surface area contributed by atoms with Crippen LogP contribution in [0.4, 0.5) is 5.69 Å². The Kier molecular flexibility index (Phi) is 10.7. The van der Waals surface area contributed by atoms with Crippen molar-refractivity contribution >= 4 is 40.9 Å². The van der Waals surface area contributed by atoms with E-state index in [1.54, 1.807) is 54.6 Å². The highest BCUT2D eigenvalue weighted by atomic mass is 16.5. The predicted octanol–water partition coefficient (Wildman–Crippen LogP) is 4.75. The van der Waals surface area contributed by atoms with Gasteiger partial charge in [-0.25, -0.2) is 4.79 Å². The molecule has 0 bridgehead atoms. The highest BCUT2D eigenvalue weighted by Crippen LogP contribution is 2.31. The highest BCUT2D eigenvalue weighted by Gasteiger charge is 2.31. The maximum Gasteiger partial charge on any atom is 0.327 e. The molecule has 5 rings (SSSR count). The largest absolute Gasteiger partial charge is 0.469 e. The number of amides is 1. The number of anilines is 1. The molecule has 0 aliphatic heterocycles. The Hall–Kier alpha value is -5.74. The van der Waals surface area contributed by atoms with Crippen molar-refractivity contribution in [3.05, 3.63) is 136 Å². The van der Waals surface area contributed by atoms with Gasteiger partial charge in [0, 0.05) is 40.8 Å². The molecule has 10 heteroatoms. The Morgan fingerprint density at radius 1 is 0.667 bits per heavy atom. The molecule has 0 aromatic heterocycles. The summed E-state index contributed by atoms with van der Waals surface area (Å²) in [5.41, 5.74) is 3.02. The van der Waals surface area contributed by atoms with Crippen LogP contribution < -0.4 is 10.6 Å². The molecule has 1 aliphatic rings. The first-order valence-electron chi connectivity index (χ1n) is 15.4. The second-order valence-corrected chi connectivity index (χ2v) is 11.3. The smallest absolute Gasteiger partial charge is 0.327 e. The minimum atomic E-state index is -0.819. The molecule has 244 valence electrons. The lowest BCUT2D eigenvalue weighted by molar-refractivity contribution is -0.144. The molecule has 0 saturated carbocycles. The summed E-state index contributed by atoms with van der Waals surface area (Å²) in [7, 11) is 2.58. The molecular formula is C38H34N2O8. The number of nitrogens with one attached hydrogen (secondary N) is 2. The zero-order valence-electron chi connectivity index (χ0n) is 26.5. The van der Waals surface area contributed by atoms with Crippen LogP contribution in [-0.2, 0) is 35.1 Å². The zero-order valence-corrected chi connectivity index (χ0v) is 26.5. The van der Waals surface area contributed by atoms with Gasteiger partial charge in [0.05, 0.1) is 26.7 Å². The van der Waals surface area contributed by atoms with Crippen LogP contribution in [0.15, 0.2) is 97.1 Å².